The molecule has 1 aliphatic rings. The summed E-state index contributed by atoms with van der Waals surface area (Å²) in [6.07, 6.45) is 3.74. The van der Waals surface area contributed by atoms with Gasteiger partial charge in [-0.15, -0.1) is 0 Å². The van der Waals surface area contributed by atoms with E-state index in [-0.39, 0.29) is 0 Å². The molecule has 3 unspecified atom stereocenters. The van der Waals surface area contributed by atoms with E-state index in [0.29, 0.717) is 12.0 Å². The molecule has 1 aliphatic carbocycles. The van der Waals surface area contributed by atoms with Crippen molar-refractivity contribution in [3.8, 4) is 0 Å². The molecule has 0 saturated heterocycles. The standard InChI is InChI=1S/C12H24N2/c1-8(2)12(13)14-11-6-5-9(3)10(4)7-11/h8-11H,5-7H2,1-4H3,(H2,13,14). The number of nitrogens with zero attached hydrogens (tertiary/aromatic N) is 1. The molecule has 1 rings (SSSR count). The Morgan fingerprint density at radius 3 is 2.36 bits per heavy atom. The summed E-state index contributed by atoms with van der Waals surface area (Å²) in [6, 6.07) is 0.489. The molecular formula is C12H24N2. The van der Waals surface area contributed by atoms with Crippen LogP contribution in [0.25, 0.3) is 0 Å². The zero-order valence-electron chi connectivity index (χ0n) is 9.96. The molecule has 0 aromatic carbocycles. The van der Waals surface area contributed by atoms with Crippen molar-refractivity contribution in [2.24, 2.45) is 28.5 Å². The van der Waals surface area contributed by atoms with Gasteiger partial charge < -0.3 is 5.73 Å². The lowest BCUT2D eigenvalue weighted by Crippen LogP contribution is -2.27. The molecule has 0 spiro atoms. The second kappa shape index (κ2) is 4.81. The van der Waals surface area contributed by atoms with Gasteiger partial charge in [0, 0.05) is 5.92 Å². The average molecular weight is 196 g/mol. The fourth-order valence-corrected chi connectivity index (χ4v) is 2.00. The first kappa shape index (κ1) is 11.5. The highest BCUT2D eigenvalue weighted by Crippen LogP contribution is 2.31. The minimum Gasteiger partial charge on any atom is -0.387 e. The topological polar surface area (TPSA) is 38.4 Å². The SMILES string of the molecule is CC(C)C(N)=NC1CCC(C)C(C)C1. The van der Waals surface area contributed by atoms with Crippen LogP contribution < -0.4 is 5.73 Å². The van der Waals surface area contributed by atoms with E-state index in [4.69, 9.17) is 5.73 Å². The summed E-state index contributed by atoms with van der Waals surface area (Å²) < 4.78 is 0. The highest BCUT2D eigenvalue weighted by molar-refractivity contribution is 5.82. The predicted octanol–water partition coefficient (Wildman–Crippen LogP) is 2.82. The Balaban J connectivity index is 2.51. The molecule has 0 bridgehead atoms. The molecule has 0 aromatic heterocycles. The van der Waals surface area contributed by atoms with Gasteiger partial charge in [0.25, 0.3) is 0 Å². The van der Waals surface area contributed by atoms with E-state index in [0.717, 1.165) is 17.7 Å². The number of hydrogen-bond acceptors (Lipinski definition) is 1. The van der Waals surface area contributed by atoms with Crippen molar-refractivity contribution in [2.75, 3.05) is 0 Å². The number of aliphatic imine (C=N–C) groups is 1. The molecule has 0 radical (unpaired) electrons. The third kappa shape index (κ3) is 3.00. The van der Waals surface area contributed by atoms with Gasteiger partial charge in [0.15, 0.2) is 0 Å². The lowest BCUT2D eigenvalue weighted by Gasteiger charge is -2.30. The summed E-state index contributed by atoms with van der Waals surface area (Å²) in [7, 11) is 0. The molecular weight excluding hydrogens is 172 g/mol. The van der Waals surface area contributed by atoms with E-state index in [1.165, 1.54) is 19.3 Å². The molecule has 0 amide bonds. The Hall–Kier alpha value is -0.530. The molecule has 1 fully saturated rings. The van der Waals surface area contributed by atoms with Crippen molar-refractivity contribution in [3.63, 3.8) is 0 Å². The molecule has 2 nitrogen and oxygen atoms in total. The van der Waals surface area contributed by atoms with Crippen LogP contribution in [0, 0.1) is 17.8 Å². The second-order valence-electron chi connectivity index (χ2n) is 5.13. The average Bonchev–Trinajstić information content (AvgIpc) is 2.11. The molecule has 3 atom stereocenters. The molecule has 82 valence electrons. The van der Waals surface area contributed by atoms with Gasteiger partial charge in [0.2, 0.25) is 0 Å². The van der Waals surface area contributed by atoms with Crippen LogP contribution in [0.1, 0.15) is 47.0 Å². The van der Waals surface area contributed by atoms with Crippen LogP contribution in [-0.4, -0.2) is 11.9 Å². The van der Waals surface area contributed by atoms with Gasteiger partial charge in [-0.1, -0.05) is 27.7 Å². The summed E-state index contributed by atoms with van der Waals surface area (Å²) >= 11 is 0. The van der Waals surface area contributed by atoms with Crippen molar-refractivity contribution in [1.29, 1.82) is 0 Å². The van der Waals surface area contributed by atoms with E-state index in [9.17, 15) is 0 Å². The fourth-order valence-electron chi connectivity index (χ4n) is 2.00. The zero-order chi connectivity index (χ0) is 10.7. The normalized spacial score (nSPS) is 34.9. The van der Waals surface area contributed by atoms with Gasteiger partial charge in [0.1, 0.15) is 0 Å². The molecule has 0 aromatic rings. The quantitative estimate of drug-likeness (QED) is 0.535. The number of hydrogen-bond donors (Lipinski definition) is 1. The van der Waals surface area contributed by atoms with E-state index >= 15 is 0 Å². The third-order valence-electron chi connectivity index (χ3n) is 3.49. The van der Waals surface area contributed by atoms with E-state index < -0.39 is 0 Å². The van der Waals surface area contributed by atoms with Crippen molar-refractivity contribution in [1.82, 2.24) is 0 Å². The Kier molecular flexibility index (Phi) is 3.97. The van der Waals surface area contributed by atoms with Gasteiger partial charge in [0.05, 0.1) is 11.9 Å². The van der Waals surface area contributed by atoms with Gasteiger partial charge in [-0.25, -0.2) is 0 Å². The summed E-state index contributed by atoms with van der Waals surface area (Å²) in [4.78, 5) is 4.61. The van der Waals surface area contributed by atoms with Crippen molar-refractivity contribution in [3.05, 3.63) is 0 Å². The van der Waals surface area contributed by atoms with Gasteiger partial charge in [-0.2, -0.15) is 0 Å². The maximum Gasteiger partial charge on any atom is 0.0966 e. The summed E-state index contributed by atoms with van der Waals surface area (Å²) in [5.74, 6) is 2.89. The summed E-state index contributed by atoms with van der Waals surface area (Å²) in [5, 5.41) is 0. The molecule has 1 saturated carbocycles. The highest BCUT2D eigenvalue weighted by Gasteiger charge is 2.24. The monoisotopic (exact) mass is 196 g/mol. The second-order valence-corrected chi connectivity index (χ2v) is 5.13. The van der Waals surface area contributed by atoms with Crippen LogP contribution in [0.5, 0.6) is 0 Å². The van der Waals surface area contributed by atoms with Crippen LogP contribution in [0.4, 0.5) is 0 Å². The maximum absolute atomic E-state index is 5.88. The zero-order valence-corrected chi connectivity index (χ0v) is 9.96. The smallest absolute Gasteiger partial charge is 0.0966 e. The van der Waals surface area contributed by atoms with Crippen molar-refractivity contribution in [2.45, 2.75) is 53.0 Å². The fraction of sp³-hybridized carbons (Fsp3) is 0.917. The number of nitrogens with two attached hydrogens (primary N) is 1. The lowest BCUT2D eigenvalue weighted by atomic mass is 9.79. The van der Waals surface area contributed by atoms with E-state index in [1.807, 2.05) is 0 Å². The summed E-state index contributed by atoms with van der Waals surface area (Å²) in [5.41, 5.74) is 5.88. The maximum atomic E-state index is 5.88. The van der Waals surface area contributed by atoms with Crippen LogP contribution in [-0.2, 0) is 0 Å². The Morgan fingerprint density at radius 2 is 1.86 bits per heavy atom. The molecule has 2 N–H and O–H groups in total. The van der Waals surface area contributed by atoms with E-state index in [1.54, 1.807) is 0 Å². The first-order valence-corrected chi connectivity index (χ1v) is 5.83. The predicted molar refractivity (Wildman–Crippen MR) is 62.4 cm³/mol. The van der Waals surface area contributed by atoms with Crippen LogP contribution in [0.2, 0.25) is 0 Å². The Bertz CT molecular complexity index is 208. The first-order valence-electron chi connectivity index (χ1n) is 5.83. The Morgan fingerprint density at radius 1 is 1.21 bits per heavy atom. The highest BCUT2D eigenvalue weighted by atomic mass is 14.9. The number of rotatable bonds is 2. The van der Waals surface area contributed by atoms with Crippen molar-refractivity contribution < 1.29 is 0 Å². The third-order valence-corrected chi connectivity index (χ3v) is 3.49. The molecule has 14 heavy (non-hydrogen) atoms. The summed E-state index contributed by atoms with van der Waals surface area (Å²) in [6.45, 7) is 8.88. The molecule has 0 heterocycles. The van der Waals surface area contributed by atoms with Gasteiger partial charge in [-0.05, 0) is 31.1 Å². The largest absolute Gasteiger partial charge is 0.387 e. The minimum atomic E-state index is 0.393. The number of amidine groups is 1. The van der Waals surface area contributed by atoms with Gasteiger partial charge in [-0.3, -0.25) is 4.99 Å². The van der Waals surface area contributed by atoms with E-state index in [2.05, 4.69) is 32.7 Å². The van der Waals surface area contributed by atoms with Crippen LogP contribution >= 0.6 is 0 Å². The van der Waals surface area contributed by atoms with Gasteiger partial charge >= 0.3 is 0 Å². The molecule has 2 heteroatoms. The first-order chi connectivity index (χ1) is 6.50. The van der Waals surface area contributed by atoms with Crippen molar-refractivity contribution >= 4 is 5.84 Å². The van der Waals surface area contributed by atoms with Crippen LogP contribution in [0.3, 0.4) is 0 Å². The minimum absolute atomic E-state index is 0.393. The van der Waals surface area contributed by atoms with Crippen LogP contribution in [0.15, 0.2) is 4.99 Å². The molecule has 0 aliphatic heterocycles. The Labute approximate surface area is 88.0 Å². The lowest BCUT2D eigenvalue weighted by molar-refractivity contribution is 0.252.